The van der Waals surface area contributed by atoms with Gasteiger partial charge in [0, 0.05) is 32.7 Å². The van der Waals surface area contributed by atoms with Gasteiger partial charge in [-0.15, -0.1) is 0 Å². The first-order valence-corrected chi connectivity index (χ1v) is 11.0. The number of amides is 1. The number of benzene rings is 2. The van der Waals surface area contributed by atoms with E-state index in [2.05, 4.69) is 21.2 Å². The summed E-state index contributed by atoms with van der Waals surface area (Å²) in [6, 6.07) is 14.8. The summed E-state index contributed by atoms with van der Waals surface area (Å²) in [5, 5.41) is 2.83. The first kappa shape index (κ1) is 21.3. The van der Waals surface area contributed by atoms with Gasteiger partial charge in [-0.3, -0.25) is 19.8 Å². The lowest BCUT2D eigenvalue weighted by Gasteiger charge is -2.39. The highest BCUT2D eigenvalue weighted by atomic mass is 16.7. The van der Waals surface area contributed by atoms with Crippen LogP contribution in [-0.2, 0) is 20.9 Å². The number of guanidine groups is 1. The second-order valence-electron chi connectivity index (χ2n) is 8.25. The number of carbonyl (C=O) groups excluding carboxylic acids is 2. The molecule has 0 aromatic heterocycles. The monoisotopic (exact) mass is 450 g/mol. The van der Waals surface area contributed by atoms with Gasteiger partial charge in [0.05, 0.1) is 7.11 Å². The fraction of sp³-hybridized carbons (Fsp3) is 0.375. The summed E-state index contributed by atoms with van der Waals surface area (Å²) in [6.45, 7) is 4.15. The molecule has 2 aromatic rings. The molecule has 5 rings (SSSR count). The van der Waals surface area contributed by atoms with Crippen LogP contribution < -0.4 is 14.8 Å². The van der Waals surface area contributed by atoms with Gasteiger partial charge in [0.1, 0.15) is 6.04 Å². The van der Waals surface area contributed by atoms with E-state index in [1.54, 1.807) is 0 Å². The molecule has 172 valence electrons. The third-order valence-corrected chi connectivity index (χ3v) is 6.21. The molecule has 33 heavy (non-hydrogen) atoms. The predicted molar refractivity (Wildman–Crippen MR) is 120 cm³/mol. The van der Waals surface area contributed by atoms with Gasteiger partial charge in [-0.05, 0) is 23.3 Å². The van der Waals surface area contributed by atoms with Gasteiger partial charge in [0.2, 0.25) is 18.7 Å². The fourth-order valence-corrected chi connectivity index (χ4v) is 4.43. The van der Waals surface area contributed by atoms with Crippen LogP contribution in [0.15, 0.2) is 53.5 Å². The lowest BCUT2D eigenvalue weighted by Crippen LogP contribution is -2.57. The van der Waals surface area contributed by atoms with Gasteiger partial charge in [-0.1, -0.05) is 36.4 Å². The second kappa shape index (κ2) is 9.11. The Bertz CT molecular complexity index is 1070. The predicted octanol–water partition coefficient (Wildman–Crippen LogP) is 1.55. The van der Waals surface area contributed by atoms with E-state index in [9.17, 15) is 9.59 Å². The standard InChI is InChI=1S/C24H26N4O5/c1-31-23(30)20-21(17-5-3-2-4-6-17)25-24(26-22(20)29)28-11-9-27(10-12-28)14-16-7-8-18-19(13-16)33-15-32-18/h2-8,13,20-21H,9-12,14-15H2,1H3,(H,25,26,29)/t20-,21+/m0/s1. The Kier molecular flexibility index (Phi) is 5.87. The maximum Gasteiger partial charge on any atom is 0.320 e. The number of esters is 1. The van der Waals surface area contributed by atoms with Crippen molar-refractivity contribution in [1.29, 1.82) is 0 Å². The molecule has 1 amide bonds. The lowest BCUT2D eigenvalue weighted by atomic mass is 9.91. The third kappa shape index (κ3) is 4.36. The van der Waals surface area contributed by atoms with Crippen LogP contribution in [0.25, 0.3) is 0 Å². The summed E-state index contributed by atoms with van der Waals surface area (Å²) in [4.78, 5) is 34.4. The SMILES string of the molecule is COC(=O)[C@@H]1C(=O)NC(N2CCN(Cc3ccc4c(c3)OCO4)CC2)=N[C@@H]1c1ccccc1. The van der Waals surface area contributed by atoms with E-state index in [4.69, 9.17) is 19.2 Å². The smallest absolute Gasteiger partial charge is 0.320 e. The van der Waals surface area contributed by atoms with Crippen LogP contribution in [0, 0.1) is 5.92 Å². The van der Waals surface area contributed by atoms with Gasteiger partial charge in [0.25, 0.3) is 0 Å². The van der Waals surface area contributed by atoms with Crippen molar-refractivity contribution in [3.8, 4) is 11.5 Å². The largest absolute Gasteiger partial charge is 0.468 e. The number of hydrogen-bond donors (Lipinski definition) is 1. The van der Waals surface area contributed by atoms with Crippen molar-refractivity contribution in [3.05, 3.63) is 59.7 Å². The number of carbonyl (C=O) groups is 2. The van der Waals surface area contributed by atoms with Gasteiger partial charge in [-0.25, -0.2) is 4.99 Å². The topological polar surface area (TPSA) is 92.7 Å². The number of nitrogens with zero attached hydrogens (tertiary/aromatic N) is 3. The Morgan fingerprint density at radius 1 is 1.09 bits per heavy atom. The van der Waals surface area contributed by atoms with E-state index >= 15 is 0 Å². The zero-order valence-corrected chi connectivity index (χ0v) is 18.4. The Morgan fingerprint density at radius 2 is 1.85 bits per heavy atom. The minimum absolute atomic E-state index is 0.270. The van der Waals surface area contributed by atoms with E-state index in [0.717, 1.165) is 36.7 Å². The summed E-state index contributed by atoms with van der Waals surface area (Å²) in [7, 11) is 1.29. The van der Waals surface area contributed by atoms with Crippen molar-refractivity contribution in [2.75, 3.05) is 40.1 Å². The Balaban J connectivity index is 1.28. The summed E-state index contributed by atoms with van der Waals surface area (Å²) in [5.41, 5.74) is 1.97. The molecular formula is C24H26N4O5. The quantitative estimate of drug-likeness (QED) is 0.558. The highest BCUT2D eigenvalue weighted by molar-refractivity contribution is 6.08. The molecule has 3 aliphatic heterocycles. The lowest BCUT2D eigenvalue weighted by molar-refractivity contribution is -0.151. The molecule has 3 heterocycles. The van der Waals surface area contributed by atoms with Gasteiger partial charge in [0.15, 0.2) is 17.4 Å². The minimum Gasteiger partial charge on any atom is -0.468 e. The third-order valence-electron chi connectivity index (χ3n) is 6.21. The highest BCUT2D eigenvalue weighted by Crippen LogP contribution is 2.33. The molecule has 1 fully saturated rings. The first-order chi connectivity index (χ1) is 16.1. The van der Waals surface area contributed by atoms with E-state index < -0.39 is 17.9 Å². The molecule has 9 nitrogen and oxygen atoms in total. The van der Waals surface area contributed by atoms with Crippen LogP contribution in [0.5, 0.6) is 11.5 Å². The van der Waals surface area contributed by atoms with Gasteiger partial charge in [-0.2, -0.15) is 0 Å². The van der Waals surface area contributed by atoms with Crippen LogP contribution in [0.4, 0.5) is 0 Å². The number of rotatable bonds is 4. The molecule has 0 aliphatic carbocycles. The zero-order chi connectivity index (χ0) is 22.8. The fourth-order valence-electron chi connectivity index (χ4n) is 4.43. The minimum atomic E-state index is -1.01. The van der Waals surface area contributed by atoms with Crippen LogP contribution in [-0.4, -0.2) is 67.7 Å². The molecule has 1 saturated heterocycles. The van der Waals surface area contributed by atoms with Crippen molar-refractivity contribution in [3.63, 3.8) is 0 Å². The number of fused-ring (bicyclic) bond motifs is 1. The van der Waals surface area contributed by atoms with Crippen LogP contribution in [0.3, 0.4) is 0 Å². The molecule has 1 N–H and O–H groups in total. The molecular weight excluding hydrogens is 424 g/mol. The summed E-state index contributed by atoms with van der Waals surface area (Å²) >= 11 is 0. The Hall–Kier alpha value is -3.59. The molecule has 9 heteroatoms. The van der Waals surface area contributed by atoms with Crippen LogP contribution in [0.2, 0.25) is 0 Å². The summed E-state index contributed by atoms with van der Waals surface area (Å²) in [5.74, 6) is 0.108. The van der Waals surface area contributed by atoms with Crippen molar-refractivity contribution in [1.82, 2.24) is 15.1 Å². The number of hydrogen-bond acceptors (Lipinski definition) is 8. The van der Waals surface area contributed by atoms with Gasteiger partial charge < -0.3 is 19.1 Å². The van der Waals surface area contributed by atoms with E-state index in [1.165, 1.54) is 12.7 Å². The van der Waals surface area contributed by atoms with Crippen molar-refractivity contribution in [2.45, 2.75) is 12.6 Å². The Labute approximate surface area is 191 Å². The molecule has 0 spiro atoms. The molecule has 0 unspecified atom stereocenters. The summed E-state index contributed by atoms with van der Waals surface area (Å²) in [6.07, 6.45) is 0. The second-order valence-corrected chi connectivity index (χ2v) is 8.25. The van der Waals surface area contributed by atoms with E-state index in [-0.39, 0.29) is 12.7 Å². The summed E-state index contributed by atoms with van der Waals surface area (Å²) < 4.78 is 15.7. The van der Waals surface area contributed by atoms with Crippen LogP contribution in [0.1, 0.15) is 17.2 Å². The first-order valence-electron chi connectivity index (χ1n) is 11.0. The highest BCUT2D eigenvalue weighted by Gasteiger charge is 2.42. The maximum absolute atomic E-state index is 12.9. The van der Waals surface area contributed by atoms with Crippen molar-refractivity contribution < 1.29 is 23.8 Å². The average molecular weight is 450 g/mol. The Morgan fingerprint density at radius 3 is 2.61 bits per heavy atom. The number of ether oxygens (including phenoxy) is 3. The molecule has 0 saturated carbocycles. The van der Waals surface area contributed by atoms with Crippen molar-refractivity contribution in [2.24, 2.45) is 10.9 Å². The number of piperazine rings is 1. The van der Waals surface area contributed by atoms with Crippen LogP contribution >= 0.6 is 0 Å². The zero-order valence-electron chi connectivity index (χ0n) is 18.4. The normalized spacial score (nSPS) is 22.5. The molecule has 0 radical (unpaired) electrons. The van der Waals surface area contributed by atoms with E-state index in [0.29, 0.717) is 19.0 Å². The maximum atomic E-state index is 12.9. The molecule has 0 bridgehead atoms. The molecule has 2 aromatic carbocycles. The molecule has 3 aliphatic rings. The number of nitrogens with one attached hydrogen (secondary N) is 1. The van der Waals surface area contributed by atoms with E-state index in [1.807, 2.05) is 42.5 Å². The number of aliphatic imine (C=N–C) groups is 1. The number of methoxy groups -OCH3 is 1. The average Bonchev–Trinajstić information content (AvgIpc) is 3.32. The van der Waals surface area contributed by atoms with Gasteiger partial charge >= 0.3 is 5.97 Å². The van der Waals surface area contributed by atoms with Crippen molar-refractivity contribution >= 4 is 17.8 Å². The molecule has 2 atom stereocenters.